The molecule has 1 aromatic rings. The van der Waals surface area contributed by atoms with E-state index in [9.17, 15) is 9.70 Å². The first-order valence-electron chi connectivity index (χ1n) is 13.5. The quantitative estimate of drug-likeness (QED) is 0.195. The first-order valence-corrected chi connectivity index (χ1v) is 13.5. The molecule has 0 bridgehead atoms. The molecule has 4 aliphatic rings. The number of nitroso groups, excluding NO2 is 1. The van der Waals surface area contributed by atoms with E-state index in [1.54, 1.807) is 0 Å². The lowest BCUT2D eigenvalue weighted by Gasteiger charge is -2.61. The third-order valence-corrected chi connectivity index (χ3v) is 10.6. The number of benzene rings is 1. The van der Waals surface area contributed by atoms with Gasteiger partial charge in [0.1, 0.15) is 11.4 Å². The first kappa shape index (κ1) is 25.8. The van der Waals surface area contributed by atoms with Crippen LogP contribution in [0.15, 0.2) is 29.4 Å². The minimum absolute atomic E-state index is 0.162. The Balaban J connectivity index is 0.000000204. The highest BCUT2D eigenvalue weighted by Gasteiger charge is 2.60. The molecule has 4 saturated carbocycles. The summed E-state index contributed by atoms with van der Waals surface area (Å²) >= 11 is 0. The zero-order chi connectivity index (χ0) is 25.4. The van der Waals surface area contributed by atoms with Crippen LogP contribution in [-0.2, 0) is 0 Å². The third-order valence-electron chi connectivity index (χ3n) is 10.6. The molecule has 2 N–H and O–H groups in total. The lowest BCUT2D eigenvalue weighted by atomic mass is 9.44. The molecule has 0 saturated heterocycles. The van der Waals surface area contributed by atoms with E-state index in [2.05, 4.69) is 37.6 Å². The SMILES string of the molecule is CC(=N)C1CCC2C3CCC4CC(C)CCC4(C)C3CCC12C.O=Nc1ccc(OC(=O)O)cc1. The second-order valence-electron chi connectivity index (χ2n) is 12.3. The summed E-state index contributed by atoms with van der Waals surface area (Å²) in [5.74, 6) is 5.63. The topological polar surface area (TPSA) is 99.8 Å². The van der Waals surface area contributed by atoms with Crippen LogP contribution in [0.25, 0.3) is 0 Å². The molecular weight excluding hydrogens is 440 g/mol. The van der Waals surface area contributed by atoms with Crippen molar-refractivity contribution in [2.24, 2.45) is 51.5 Å². The van der Waals surface area contributed by atoms with Crippen molar-refractivity contribution in [1.29, 1.82) is 5.41 Å². The molecule has 0 aliphatic heterocycles. The zero-order valence-electron chi connectivity index (χ0n) is 21.8. The van der Waals surface area contributed by atoms with Gasteiger partial charge in [0.15, 0.2) is 0 Å². The summed E-state index contributed by atoms with van der Waals surface area (Å²) < 4.78 is 4.29. The molecule has 0 aromatic heterocycles. The van der Waals surface area contributed by atoms with Gasteiger partial charge in [0, 0.05) is 11.6 Å². The Morgan fingerprint density at radius 1 is 1.00 bits per heavy atom. The van der Waals surface area contributed by atoms with Gasteiger partial charge in [-0.2, -0.15) is 0 Å². The fourth-order valence-electron chi connectivity index (χ4n) is 8.86. The van der Waals surface area contributed by atoms with Gasteiger partial charge in [-0.15, -0.1) is 4.91 Å². The Morgan fingerprint density at radius 3 is 2.29 bits per heavy atom. The maximum absolute atomic E-state index is 10.0. The number of fused-ring (bicyclic) bond motifs is 5. The Labute approximate surface area is 209 Å². The third kappa shape index (κ3) is 4.90. The Kier molecular flexibility index (Phi) is 7.40. The van der Waals surface area contributed by atoms with Gasteiger partial charge in [-0.3, -0.25) is 0 Å². The van der Waals surface area contributed by atoms with Crippen LogP contribution in [0.4, 0.5) is 10.5 Å². The highest BCUT2D eigenvalue weighted by molar-refractivity contribution is 5.82. The molecular formula is C29H42N2O4. The van der Waals surface area contributed by atoms with Crippen molar-refractivity contribution < 1.29 is 14.6 Å². The molecule has 8 unspecified atom stereocenters. The number of ether oxygens (including phenoxy) is 1. The normalized spacial score (nSPS) is 39.7. The number of carboxylic acid groups (broad SMARTS) is 1. The number of hydrogen-bond acceptors (Lipinski definition) is 5. The van der Waals surface area contributed by atoms with Crippen LogP contribution in [0, 0.1) is 56.7 Å². The van der Waals surface area contributed by atoms with E-state index in [0.717, 1.165) is 35.3 Å². The molecule has 8 atom stereocenters. The molecule has 6 heteroatoms. The van der Waals surface area contributed by atoms with Crippen LogP contribution in [-0.4, -0.2) is 17.0 Å². The smallest absolute Gasteiger partial charge is 0.449 e. The summed E-state index contributed by atoms with van der Waals surface area (Å²) in [6.07, 6.45) is 11.7. The molecule has 4 aliphatic carbocycles. The summed E-state index contributed by atoms with van der Waals surface area (Å²) in [4.78, 5) is 19.9. The van der Waals surface area contributed by atoms with E-state index >= 15 is 0 Å². The molecule has 0 amide bonds. The average Bonchev–Trinajstić information content (AvgIpc) is 3.18. The average molecular weight is 483 g/mol. The van der Waals surface area contributed by atoms with E-state index in [4.69, 9.17) is 10.5 Å². The highest BCUT2D eigenvalue weighted by Crippen LogP contribution is 2.67. The monoisotopic (exact) mass is 482 g/mol. The molecule has 192 valence electrons. The molecule has 0 radical (unpaired) electrons. The summed E-state index contributed by atoms with van der Waals surface area (Å²) in [5, 5.41) is 19.1. The van der Waals surface area contributed by atoms with Gasteiger partial charge < -0.3 is 15.3 Å². The van der Waals surface area contributed by atoms with E-state index in [1.807, 2.05) is 0 Å². The summed E-state index contributed by atoms with van der Waals surface area (Å²) in [6, 6.07) is 5.44. The molecule has 6 nitrogen and oxygen atoms in total. The van der Waals surface area contributed by atoms with E-state index in [0.29, 0.717) is 16.7 Å². The van der Waals surface area contributed by atoms with E-state index in [1.165, 1.54) is 82.1 Å². The maximum Gasteiger partial charge on any atom is 0.511 e. The predicted octanol–water partition coefficient (Wildman–Crippen LogP) is 8.46. The van der Waals surface area contributed by atoms with Gasteiger partial charge in [-0.1, -0.05) is 27.2 Å². The maximum atomic E-state index is 10.0. The Bertz CT molecular complexity index is 947. The predicted molar refractivity (Wildman–Crippen MR) is 138 cm³/mol. The fraction of sp³-hybridized carbons (Fsp3) is 0.724. The number of rotatable bonds is 3. The van der Waals surface area contributed by atoms with Gasteiger partial charge in [-0.25, -0.2) is 4.79 Å². The van der Waals surface area contributed by atoms with E-state index in [-0.39, 0.29) is 11.4 Å². The molecule has 0 heterocycles. The van der Waals surface area contributed by atoms with Gasteiger partial charge in [0.25, 0.3) is 0 Å². The Morgan fingerprint density at radius 2 is 1.66 bits per heavy atom. The Hall–Kier alpha value is -2.24. The largest absolute Gasteiger partial charge is 0.511 e. The lowest BCUT2D eigenvalue weighted by Crippen LogP contribution is -2.53. The second kappa shape index (κ2) is 10.0. The second-order valence-corrected chi connectivity index (χ2v) is 12.3. The number of nitrogens with one attached hydrogen (secondary N) is 1. The van der Waals surface area contributed by atoms with Crippen molar-refractivity contribution in [3.63, 3.8) is 0 Å². The van der Waals surface area contributed by atoms with Gasteiger partial charge >= 0.3 is 6.16 Å². The van der Waals surface area contributed by atoms with Crippen LogP contribution in [0.1, 0.15) is 85.5 Å². The zero-order valence-corrected chi connectivity index (χ0v) is 21.8. The molecule has 1 aromatic carbocycles. The van der Waals surface area contributed by atoms with Crippen LogP contribution in [0.2, 0.25) is 0 Å². The lowest BCUT2D eigenvalue weighted by molar-refractivity contribution is -0.113. The van der Waals surface area contributed by atoms with Gasteiger partial charge in [0.05, 0.1) is 0 Å². The van der Waals surface area contributed by atoms with Crippen LogP contribution in [0.3, 0.4) is 0 Å². The minimum Gasteiger partial charge on any atom is -0.449 e. The summed E-state index contributed by atoms with van der Waals surface area (Å²) in [5.41, 5.74) is 2.31. The molecule has 4 fully saturated rings. The van der Waals surface area contributed by atoms with Crippen molar-refractivity contribution in [2.75, 3.05) is 0 Å². The molecule has 5 rings (SSSR count). The molecule has 35 heavy (non-hydrogen) atoms. The van der Waals surface area contributed by atoms with Crippen LogP contribution >= 0.6 is 0 Å². The van der Waals surface area contributed by atoms with Crippen molar-refractivity contribution in [3.05, 3.63) is 29.2 Å². The highest BCUT2D eigenvalue weighted by atomic mass is 16.7. The molecule has 0 spiro atoms. The van der Waals surface area contributed by atoms with Crippen molar-refractivity contribution in [3.8, 4) is 5.75 Å². The number of carbonyl (C=O) groups is 1. The fourth-order valence-corrected chi connectivity index (χ4v) is 8.86. The van der Waals surface area contributed by atoms with E-state index < -0.39 is 6.16 Å². The van der Waals surface area contributed by atoms with Crippen molar-refractivity contribution in [2.45, 2.75) is 85.5 Å². The first-order chi connectivity index (χ1) is 16.6. The van der Waals surface area contributed by atoms with Gasteiger partial charge in [0.2, 0.25) is 0 Å². The van der Waals surface area contributed by atoms with Gasteiger partial charge in [-0.05, 0) is 128 Å². The van der Waals surface area contributed by atoms with Crippen molar-refractivity contribution in [1.82, 2.24) is 0 Å². The van der Waals surface area contributed by atoms with Crippen LogP contribution < -0.4 is 4.74 Å². The summed E-state index contributed by atoms with van der Waals surface area (Å²) in [7, 11) is 0. The number of hydrogen-bond donors (Lipinski definition) is 2. The van der Waals surface area contributed by atoms with Crippen LogP contribution in [0.5, 0.6) is 5.75 Å². The standard InChI is InChI=1S/C22H37N.C7H5NO4/c1-14-9-11-21(3)16(13-14)5-6-17-19-8-7-18(15(2)23)22(19,4)12-10-20(17)21;9-7(10)12-6-3-1-5(8-11)2-4-6/h14,16-20,23H,5-13H2,1-4H3;1-4H,(H,9,10). The van der Waals surface area contributed by atoms with Crippen molar-refractivity contribution >= 4 is 17.6 Å². The summed E-state index contributed by atoms with van der Waals surface area (Å²) in [6.45, 7) is 9.79. The minimum atomic E-state index is -1.39. The number of nitrogens with zero attached hydrogens (tertiary/aromatic N) is 1.